The first-order valence-corrected chi connectivity index (χ1v) is 9.27. The lowest BCUT2D eigenvalue weighted by Crippen LogP contribution is -2.43. The molecular weight excluding hydrogens is 380 g/mol. The predicted octanol–water partition coefficient (Wildman–Crippen LogP) is 1.85. The molecule has 1 fully saturated rings. The van der Waals surface area contributed by atoms with Gasteiger partial charge in [-0.25, -0.2) is 9.67 Å². The Kier molecular flexibility index (Phi) is 3.77. The molecule has 3 aromatic rings. The molecule has 5 rings (SSSR count). The Hall–Kier alpha value is -2.81. The minimum atomic E-state index is -0.934. The first-order valence-electron chi connectivity index (χ1n) is 8.89. The van der Waals surface area contributed by atoms with E-state index in [0.717, 1.165) is 16.9 Å². The molecule has 4 heterocycles. The number of carbonyl (C=O) groups is 1. The lowest BCUT2D eigenvalue weighted by molar-refractivity contribution is -0.0789. The summed E-state index contributed by atoms with van der Waals surface area (Å²) in [5.41, 5.74) is 6.75. The number of benzene rings is 1. The van der Waals surface area contributed by atoms with Gasteiger partial charge in [0, 0.05) is 23.3 Å². The van der Waals surface area contributed by atoms with Crippen molar-refractivity contribution in [1.29, 1.82) is 0 Å². The average Bonchev–Trinajstić information content (AvgIpc) is 3.22. The lowest BCUT2D eigenvalue weighted by Gasteiger charge is -2.36. The van der Waals surface area contributed by atoms with Crippen LogP contribution in [0.1, 0.15) is 34.6 Å². The van der Waals surface area contributed by atoms with Gasteiger partial charge in [-0.1, -0.05) is 17.7 Å². The molecule has 2 N–H and O–H groups in total. The molecule has 28 heavy (non-hydrogen) atoms. The van der Waals surface area contributed by atoms with Gasteiger partial charge >= 0.3 is 0 Å². The molecule has 2 aliphatic rings. The molecule has 8 nitrogen and oxygen atoms in total. The number of halogens is 1. The van der Waals surface area contributed by atoms with Gasteiger partial charge in [-0.05, 0) is 37.3 Å². The smallest absolute Gasteiger partial charge is 0.288 e. The topological polar surface area (TPSA) is 99.2 Å². The van der Waals surface area contributed by atoms with Gasteiger partial charge in [-0.15, -0.1) is 5.10 Å². The number of rotatable bonds is 2. The van der Waals surface area contributed by atoms with E-state index in [1.165, 1.54) is 0 Å². The lowest BCUT2D eigenvalue weighted by atomic mass is 9.95. The minimum Gasteiger partial charge on any atom is -0.363 e. The quantitative estimate of drug-likeness (QED) is 0.709. The van der Waals surface area contributed by atoms with Crippen LogP contribution >= 0.6 is 11.6 Å². The van der Waals surface area contributed by atoms with Crippen molar-refractivity contribution in [3.05, 3.63) is 70.5 Å². The molecule has 1 amide bonds. The van der Waals surface area contributed by atoms with E-state index in [1.807, 2.05) is 37.3 Å². The summed E-state index contributed by atoms with van der Waals surface area (Å²) >= 11 is 6.38. The number of nitrogens with two attached hydrogens (primary N) is 1. The van der Waals surface area contributed by atoms with Crippen LogP contribution in [0.5, 0.6) is 0 Å². The van der Waals surface area contributed by atoms with Crippen molar-refractivity contribution in [2.75, 3.05) is 6.54 Å². The Bertz CT molecular complexity index is 1090. The Balaban J connectivity index is 1.84. The van der Waals surface area contributed by atoms with E-state index in [9.17, 15) is 4.79 Å². The summed E-state index contributed by atoms with van der Waals surface area (Å²) < 4.78 is 8.16. The van der Waals surface area contributed by atoms with Crippen LogP contribution in [-0.4, -0.2) is 43.2 Å². The van der Waals surface area contributed by atoms with Gasteiger partial charge in [0.25, 0.3) is 5.91 Å². The van der Waals surface area contributed by atoms with Gasteiger partial charge in [-0.2, -0.15) is 0 Å². The van der Waals surface area contributed by atoms with E-state index in [0.29, 0.717) is 23.9 Å². The van der Waals surface area contributed by atoms with Gasteiger partial charge in [0.2, 0.25) is 5.82 Å². The van der Waals surface area contributed by atoms with E-state index in [2.05, 4.69) is 20.0 Å². The molecule has 0 saturated carbocycles. The summed E-state index contributed by atoms with van der Waals surface area (Å²) in [5.74, 6) is -0.0830. The number of primary amides is 1. The molecular formula is C19H17ClN6O2. The second-order valence-electron chi connectivity index (χ2n) is 6.96. The van der Waals surface area contributed by atoms with Crippen LogP contribution in [0.4, 0.5) is 0 Å². The standard InChI is InChI=1S/C19H17ClN6O2/c1-11-9-25-10-16-23-18(17(21)27)24-26(16)14-6-5-12(20)8-13(14)19(25,28-11)15-4-2-3-7-22-15/h2-8,11H,9-10H2,1H3,(H2,21,27). The molecule has 2 atom stereocenters. The van der Waals surface area contributed by atoms with Crippen molar-refractivity contribution in [3.8, 4) is 5.69 Å². The van der Waals surface area contributed by atoms with Gasteiger partial charge in [0.1, 0.15) is 5.82 Å². The number of ether oxygens (including phenoxy) is 1. The Morgan fingerprint density at radius 1 is 1.36 bits per heavy atom. The number of fused-ring (bicyclic) bond motifs is 5. The highest BCUT2D eigenvalue weighted by Gasteiger charge is 2.53. The average molecular weight is 397 g/mol. The number of hydrogen-bond donors (Lipinski definition) is 1. The summed E-state index contributed by atoms with van der Waals surface area (Å²) in [5, 5.41) is 4.90. The van der Waals surface area contributed by atoms with Crippen molar-refractivity contribution in [2.24, 2.45) is 5.73 Å². The Morgan fingerprint density at radius 2 is 2.21 bits per heavy atom. The first kappa shape index (κ1) is 17.3. The highest BCUT2D eigenvalue weighted by atomic mass is 35.5. The SMILES string of the molecule is CC1CN2Cc3nc(C(N)=O)nn3-c3ccc(Cl)cc3C2(c2ccccn2)O1. The first-order chi connectivity index (χ1) is 13.5. The fraction of sp³-hybridized carbons (Fsp3) is 0.263. The van der Waals surface area contributed by atoms with E-state index in [1.54, 1.807) is 16.9 Å². The van der Waals surface area contributed by atoms with E-state index in [4.69, 9.17) is 22.1 Å². The summed E-state index contributed by atoms with van der Waals surface area (Å²) in [6.07, 6.45) is 1.70. The largest absolute Gasteiger partial charge is 0.363 e. The molecule has 0 radical (unpaired) electrons. The van der Waals surface area contributed by atoms with Crippen LogP contribution in [0.15, 0.2) is 42.6 Å². The van der Waals surface area contributed by atoms with Crippen LogP contribution in [0, 0.1) is 0 Å². The monoisotopic (exact) mass is 396 g/mol. The van der Waals surface area contributed by atoms with Crippen LogP contribution in [-0.2, 0) is 17.0 Å². The molecule has 2 aliphatic heterocycles. The number of aromatic nitrogens is 4. The molecule has 0 bridgehead atoms. The third-order valence-electron chi connectivity index (χ3n) is 5.09. The highest BCUT2D eigenvalue weighted by molar-refractivity contribution is 6.30. The zero-order chi connectivity index (χ0) is 19.5. The third kappa shape index (κ3) is 2.39. The number of carbonyl (C=O) groups excluding carboxylic acids is 1. The summed E-state index contributed by atoms with van der Waals surface area (Å²) in [7, 11) is 0. The van der Waals surface area contributed by atoms with Crippen molar-refractivity contribution < 1.29 is 9.53 Å². The molecule has 0 spiro atoms. The van der Waals surface area contributed by atoms with Gasteiger partial charge < -0.3 is 10.5 Å². The minimum absolute atomic E-state index is 0.0191. The van der Waals surface area contributed by atoms with E-state index < -0.39 is 11.6 Å². The Labute approximate surface area is 165 Å². The highest BCUT2D eigenvalue weighted by Crippen LogP contribution is 2.47. The van der Waals surface area contributed by atoms with Crippen molar-refractivity contribution >= 4 is 17.5 Å². The molecule has 2 unspecified atom stereocenters. The number of nitrogens with zero attached hydrogens (tertiary/aromatic N) is 5. The molecule has 2 aromatic heterocycles. The maximum atomic E-state index is 11.6. The number of pyridine rings is 1. The van der Waals surface area contributed by atoms with Crippen LogP contribution < -0.4 is 5.73 Å². The van der Waals surface area contributed by atoms with Gasteiger partial charge in [0.15, 0.2) is 5.72 Å². The van der Waals surface area contributed by atoms with Crippen LogP contribution in [0.2, 0.25) is 5.02 Å². The van der Waals surface area contributed by atoms with E-state index in [-0.39, 0.29) is 11.9 Å². The number of amides is 1. The molecule has 1 saturated heterocycles. The Morgan fingerprint density at radius 3 is 2.96 bits per heavy atom. The maximum absolute atomic E-state index is 11.6. The zero-order valence-electron chi connectivity index (χ0n) is 15.0. The second kappa shape index (κ2) is 6.10. The summed E-state index contributed by atoms with van der Waals surface area (Å²) in [6.45, 7) is 3.08. The van der Waals surface area contributed by atoms with Crippen molar-refractivity contribution in [1.82, 2.24) is 24.6 Å². The van der Waals surface area contributed by atoms with Gasteiger partial charge in [-0.3, -0.25) is 14.7 Å². The van der Waals surface area contributed by atoms with Crippen LogP contribution in [0.25, 0.3) is 5.69 Å². The van der Waals surface area contributed by atoms with Gasteiger partial charge in [0.05, 0.1) is 24.0 Å². The zero-order valence-corrected chi connectivity index (χ0v) is 15.8. The fourth-order valence-electron chi connectivity index (χ4n) is 4.05. The molecule has 0 aliphatic carbocycles. The third-order valence-corrected chi connectivity index (χ3v) is 5.32. The summed E-state index contributed by atoms with van der Waals surface area (Å²) in [4.78, 5) is 22.8. The van der Waals surface area contributed by atoms with Crippen LogP contribution in [0.3, 0.4) is 0 Å². The second-order valence-corrected chi connectivity index (χ2v) is 7.39. The maximum Gasteiger partial charge on any atom is 0.288 e. The number of hydrogen-bond acceptors (Lipinski definition) is 6. The predicted molar refractivity (Wildman–Crippen MR) is 101 cm³/mol. The normalized spacial score (nSPS) is 23.6. The molecule has 9 heteroatoms. The van der Waals surface area contributed by atoms with Crippen molar-refractivity contribution in [2.45, 2.75) is 25.3 Å². The molecule has 142 valence electrons. The fourth-order valence-corrected chi connectivity index (χ4v) is 4.23. The molecule has 1 aromatic carbocycles. The van der Waals surface area contributed by atoms with E-state index >= 15 is 0 Å². The summed E-state index contributed by atoms with van der Waals surface area (Å²) in [6, 6.07) is 11.2. The van der Waals surface area contributed by atoms with Crippen molar-refractivity contribution in [3.63, 3.8) is 0 Å².